The van der Waals surface area contributed by atoms with Crippen molar-refractivity contribution in [3.05, 3.63) is 39.9 Å². The Morgan fingerprint density at radius 3 is 2.75 bits per heavy atom. The largest absolute Gasteiger partial charge is 0.401 e. The number of nitrogens with zero attached hydrogens (tertiary/aromatic N) is 2. The van der Waals surface area contributed by atoms with Crippen LogP contribution in [-0.2, 0) is 11.3 Å². The van der Waals surface area contributed by atoms with Gasteiger partial charge < -0.3 is 5.32 Å². The van der Waals surface area contributed by atoms with Crippen LogP contribution in [0.5, 0.6) is 0 Å². The topological polar surface area (TPSA) is 75.5 Å². The number of carbonyl (C=O) groups excluding carboxylic acids is 1. The normalized spacial score (nSPS) is 19.0. The molecule has 1 aromatic carbocycles. The van der Waals surface area contributed by atoms with E-state index in [2.05, 4.69) is 5.32 Å². The zero-order chi connectivity index (χ0) is 17.7. The van der Waals surface area contributed by atoms with Crippen LogP contribution >= 0.6 is 0 Å². The number of alkyl halides is 3. The molecule has 6 nitrogen and oxygen atoms in total. The highest BCUT2D eigenvalue weighted by atomic mass is 19.4. The van der Waals surface area contributed by atoms with E-state index >= 15 is 0 Å². The van der Waals surface area contributed by atoms with Gasteiger partial charge in [0.05, 0.1) is 17.4 Å². The van der Waals surface area contributed by atoms with Gasteiger partial charge in [-0.2, -0.15) is 13.2 Å². The van der Waals surface area contributed by atoms with Crippen LogP contribution < -0.4 is 5.32 Å². The summed E-state index contributed by atoms with van der Waals surface area (Å²) in [4.78, 5) is 23.8. The van der Waals surface area contributed by atoms with Gasteiger partial charge in [0.2, 0.25) is 5.91 Å². The molecule has 1 amide bonds. The number of likely N-dealkylation sites (tertiary alicyclic amines) is 1. The van der Waals surface area contributed by atoms with Gasteiger partial charge >= 0.3 is 6.18 Å². The molecule has 0 unspecified atom stereocenters. The number of benzene rings is 1. The molecule has 1 heterocycles. The summed E-state index contributed by atoms with van der Waals surface area (Å²) in [5.74, 6) is -0.913. The summed E-state index contributed by atoms with van der Waals surface area (Å²) in [5.41, 5.74) is 0.263. The van der Waals surface area contributed by atoms with E-state index in [1.807, 2.05) is 0 Å². The van der Waals surface area contributed by atoms with Crippen molar-refractivity contribution in [2.45, 2.75) is 25.6 Å². The van der Waals surface area contributed by atoms with E-state index in [-0.39, 0.29) is 24.7 Å². The summed E-state index contributed by atoms with van der Waals surface area (Å²) >= 11 is 0. The third-order valence-corrected chi connectivity index (χ3v) is 3.92. The van der Waals surface area contributed by atoms with Crippen molar-refractivity contribution in [3.8, 4) is 0 Å². The van der Waals surface area contributed by atoms with E-state index < -0.39 is 23.6 Å². The van der Waals surface area contributed by atoms with Crippen molar-refractivity contribution < 1.29 is 22.9 Å². The molecule has 0 aliphatic carbocycles. The van der Waals surface area contributed by atoms with Crippen molar-refractivity contribution in [1.82, 2.24) is 10.2 Å². The highest BCUT2D eigenvalue weighted by Crippen LogP contribution is 2.23. The number of hydrogen-bond donors (Lipinski definition) is 1. The predicted octanol–water partition coefficient (Wildman–Crippen LogP) is 2.49. The summed E-state index contributed by atoms with van der Waals surface area (Å²) < 4.78 is 37.4. The summed E-state index contributed by atoms with van der Waals surface area (Å²) in [5, 5.41) is 13.5. The SMILES string of the molecule is O=C(NCc1ccccc1[N+](=O)[O-])[C@@H]1CCCN(CC(F)(F)F)C1. The first-order valence-electron chi connectivity index (χ1n) is 7.55. The quantitative estimate of drug-likeness (QED) is 0.657. The van der Waals surface area contributed by atoms with Crippen molar-refractivity contribution in [2.24, 2.45) is 5.92 Å². The van der Waals surface area contributed by atoms with Crippen LogP contribution in [-0.4, -0.2) is 41.5 Å². The van der Waals surface area contributed by atoms with Crippen LogP contribution in [0.15, 0.2) is 24.3 Å². The minimum Gasteiger partial charge on any atom is -0.351 e. The van der Waals surface area contributed by atoms with E-state index in [0.717, 1.165) is 0 Å². The minimum absolute atomic E-state index is 0.0221. The molecular weight excluding hydrogens is 327 g/mol. The van der Waals surface area contributed by atoms with Crippen molar-refractivity contribution in [2.75, 3.05) is 19.6 Å². The average Bonchev–Trinajstić information content (AvgIpc) is 2.51. The fourth-order valence-electron chi connectivity index (χ4n) is 2.83. The highest BCUT2D eigenvalue weighted by molar-refractivity contribution is 5.79. The van der Waals surface area contributed by atoms with Crippen molar-refractivity contribution >= 4 is 11.6 Å². The highest BCUT2D eigenvalue weighted by Gasteiger charge is 2.34. The second kappa shape index (κ2) is 7.61. The van der Waals surface area contributed by atoms with Gasteiger partial charge in [0, 0.05) is 24.7 Å². The molecule has 1 N–H and O–H groups in total. The van der Waals surface area contributed by atoms with Gasteiger partial charge in [-0.1, -0.05) is 18.2 Å². The number of nitro groups is 1. The first-order chi connectivity index (χ1) is 11.3. The maximum absolute atomic E-state index is 12.5. The molecule has 0 aromatic heterocycles. The first kappa shape index (κ1) is 18.2. The van der Waals surface area contributed by atoms with Gasteiger partial charge in [0.15, 0.2) is 0 Å². The molecule has 0 saturated carbocycles. The van der Waals surface area contributed by atoms with Crippen molar-refractivity contribution in [1.29, 1.82) is 0 Å². The lowest BCUT2D eigenvalue weighted by atomic mass is 9.97. The summed E-state index contributed by atoms with van der Waals surface area (Å²) in [6.07, 6.45) is -3.26. The van der Waals surface area contributed by atoms with Crippen LogP contribution in [0.2, 0.25) is 0 Å². The maximum atomic E-state index is 12.5. The van der Waals surface area contributed by atoms with Crippen LogP contribution in [0, 0.1) is 16.0 Å². The predicted molar refractivity (Wildman–Crippen MR) is 80.2 cm³/mol. The Kier molecular flexibility index (Phi) is 5.76. The third kappa shape index (κ3) is 5.19. The van der Waals surface area contributed by atoms with E-state index in [1.165, 1.54) is 23.1 Å². The fourth-order valence-corrected chi connectivity index (χ4v) is 2.83. The maximum Gasteiger partial charge on any atom is 0.401 e. The van der Waals surface area contributed by atoms with Gasteiger partial charge in [-0.15, -0.1) is 0 Å². The number of carbonyl (C=O) groups is 1. The molecule has 24 heavy (non-hydrogen) atoms. The Bertz CT molecular complexity index is 607. The van der Waals surface area contributed by atoms with Gasteiger partial charge in [-0.05, 0) is 19.4 Å². The molecule has 0 bridgehead atoms. The number of piperidine rings is 1. The molecular formula is C15H18F3N3O3. The lowest BCUT2D eigenvalue weighted by molar-refractivity contribution is -0.385. The Labute approximate surface area is 136 Å². The first-order valence-corrected chi connectivity index (χ1v) is 7.55. The zero-order valence-electron chi connectivity index (χ0n) is 12.9. The molecule has 1 aromatic rings. The van der Waals surface area contributed by atoms with E-state index in [1.54, 1.807) is 6.07 Å². The number of para-hydroxylation sites is 1. The molecule has 1 aliphatic heterocycles. The zero-order valence-corrected chi connectivity index (χ0v) is 12.9. The lowest BCUT2D eigenvalue weighted by Gasteiger charge is -2.32. The van der Waals surface area contributed by atoms with Gasteiger partial charge in [-0.3, -0.25) is 19.8 Å². The number of hydrogen-bond acceptors (Lipinski definition) is 4. The Hall–Kier alpha value is -2.16. The minimum atomic E-state index is -4.29. The van der Waals surface area contributed by atoms with Crippen LogP contribution in [0.3, 0.4) is 0 Å². The Morgan fingerprint density at radius 2 is 2.08 bits per heavy atom. The summed E-state index contributed by atoms with van der Waals surface area (Å²) in [7, 11) is 0. The van der Waals surface area contributed by atoms with Crippen LogP contribution in [0.4, 0.5) is 18.9 Å². The van der Waals surface area contributed by atoms with Crippen LogP contribution in [0.25, 0.3) is 0 Å². The lowest BCUT2D eigenvalue weighted by Crippen LogP contribution is -2.46. The van der Waals surface area contributed by atoms with E-state index in [4.69, 9.17) is 0 Å². The second-order valence-electron chi connectivity index (χ2n) is 5.79. The molecule has 1 fully saturated rings. The molecule has 9 heteroatoms. The van der Waals surface area contributed by atoms with Crippen LogP contribution in [0.1, 0.15) is 18.4 Å². The molecule has 0 radical (unpaired) electrons. The second-order valence-corrected chi connectivity index (χ2v) is 5.79. The Morgan fingerprint density at radius 1 is 1.38 bits per heavy atom. The van der Waals surface area contributed by atoms with E-state index in [0.29, 0.717) is 24.9 Å². The third-order valence-electron chi connectivity index (χ3n) is 3.92. The molecule has 2 rings (SSSR count). The number of amides is 1. The van der Waals surface area contributed by atoms with Gasteiger partial charge in [-0.25, -0.2) is 0 Å². The van der Waals surface area contributed by atoms with Gasteiger partial charge in [0.25, 0.3) is 5.69 Å². The standard InChI is InChI=1S/C15H18F3N3O3/c16-15(17,18)10-20-7-3-5-12(9-20)14(22)19-8-11-4-1-2-6-13(11)21(23)24/h1-2,4,6,12H,3,5,7-10H2,(H,19,22)/t12-/m1/s1. The fraction of sp³-hybridized carbons (Fsp3) is 0.533. The number of nitro benzene ring substituents is 1. The van der Waals surface area contributed by atoms with E-state index in [9.17, 15) is 28.1 Å². The number of nitrogens with one attached hydrogen (secondary N) is 1. The molecule has 1 atom stereocenters. The molecule has 1 saturated heterocycles. The van der Waals surface area contributed by atoms with Crippen molar-refractivity contribution in [3.63, 3.8) is 0 Å². The number of rotatable bonds is 5. The smallest absolute Gasteiger partial charge is 0.351 e. The summed E-state index contributed by atoms with van der Waals surface area (Å²) in [6, 6.07) is 6.03. The Balaban J connectivity index is 1.92. The molecule has 0 spiro atoms. The molecule has 132 valence electrons. The summed E-state index contributed by atoms with van der Waals surface area (Å²) in [6.45, 7) is -0.692. The molecule has 1 aliphatic rings. The number of halogens is 3. The average molecular weight is 345 g/mol. The monoisotopic (exact) mass is 345 g/mol. The van der Waals surface area contributed by atoms with Gasteiger partial charge in [0.1, 0.15) is 0 Å².